The average Bonchev–Trinajstić information content (AvgIpc) is 3.35. The van der Waals surface area contributed by atoms with Crippen molar-refractivity contribution < 1.29 is 23.8 Å². The smallest absolute Gasteiger partial charge is 0.300 e. The molecule has 0 radical (unpaired) electrons. The number of anilines is 1. The van der Waals surface area contributed by atoms with Crippen molar-refractivity contribution in [3.8, 4) is 5.75 Å². The van der Waals surface area contributed by atoms with Crippen molar-refractivity contribution in [3.63, 3.8) is 0 Å². The van der Waals surface area contributed by atoms with Crippen molar-refractivity contribution in [1.82, 2.24) is 0 Å². The Bertz CT molecular complexity index is 1150. The number of hydrogen-bond acceptors (Lipinski definition) is 5. The number of amides is 1. The quantitative estimate of drug-likeness (QED) is 0.332. The number of furan rings is 1. The van der Waals surface area contributed by atoms with Gasteiger partial charge in [-0.05, 0) is 65.3 Å². The Morgan fingerprint density at radius 2 is 1.87 bits per heavy atom. The van der Waals surface area contributed by atoms with E-state index in [0.29, 0.717) is 27.2 Å². The van der Waals surface area contributed by atoms with Crippen LogP contribution in [0.15, 0.2) is 75.3 Å². The number of benzene rings is 2. The number of halogens is 1. The monoisotopic (exact) mass is 467 g/mol. The molecule has 30 heavy (non-hydrogen) atoms. The zero-order chi connectivity index (χ0) is 21.4. The number of rotatable bonds is 4. The summed E-state index contributed by atoms with van der Waals surface area (Å²) >= 11 is 3.38. The highest BCUT2D eigenvalue weighted by Crippen LogP contribution is 2.42. The number of ether oxygens (including phenoxy) is 1. The first-order valence-electron chi connectivity index (χ1n) is 9.17. The molecular weight excluding hydrogens is 450 g/mol. The van der Waals surface area contributed by atoms with Gasteiger partial charge < -0.3 is 14.3 Å². The van der Waals surface area contributed by atoms with Gasteiger partial charge in [0.25, 0.3) is 11.7 Å². The summed E-state index contributed by atoms with van der Waals surface area (Å²) in [5, 5.41) is 11.1. The van der Waals surface area contributed by atoms with Crippen LogP contribution in [-0.2, 0) is 9.59 Å². The first-order chi connectivity index (χ1) is 14.4. The summed E-state index contributed by atoms with van der Waals surface area (Å²) in [5.41, 5.74) is 1.90. The lowest BCUT2D eigenvalue weighted by atomic mass is 9.99. The van der Waals surface area contributed by atoms with Gasteiger partial charge in [0.2, 0.25) is 0 Å². The molecule has 1 amide bonds. The van der Waals surface area contributed by atoms with Gasteiger partial charge in [-0.25, -0.2) is 0 Å². The third-order valence-electron chi connectivity index (χ3n) is 4.99. The minimum atomic E-state index is -0.886. The summed E-state index contributed by atoms with van der Waals surface area (Å²) in [7, 11) is 1.53. The van der Waals surface area contributed by atoms with Crippen LogP contribution in [0.5, 0.6) is 5.75 Å². The summed E-state index contributed by atoms with van der Waals surface area (Å²) in [4.78, 5) is 27.3. The van der Waals surface area contributed by atoms with Crippen molar-refractivity contribution in [2.24, 2.45) is 0 Å². The predicted octanol–water partition coefficient (Wildman–Crippen LogP) is 4.99. The Labute approximate surface area is 181 Å². The maximum absolute atomic E-state index is 13.0. The Balaban J connectivity index is 1.90. The van der Waals surface area contributed by atoms with Crippen molar-refractivity contribution in [3.05, 3.63) is 87.8 Å². The topological polar surface area (TPSA) is 80.0 Å². The van der Waals surface area contributed by atoms with Crippen LogP contribution in [-0.4, -0.2) is 23.9 Å². The summed E-state index contributed by atoms with van der Waals surface area (Å²) < 4.78 is 11.4. The van der Waals surface area contributed by atoms with Crippen molar-refractivity contribution in [1.29, 1.82) is 0 Å². The van der Waals surface area contributed by atoms with Crippen LogP contribution in [0.25, 0.3) is 5.76 Å². The fourth-order valence-electron chi connectivity index (χ4n) is 3.49. The Morgan fingerprint density at radius 3 is 2.47 bits per heavy atom. The van der Waals surface area contributed by atoms with Gasteiger partial charge in [-0.15, -0.1) is 0 Å². The summed E-state index contributed by atoms with van der Waals surface area (Å²) in [6, 6.07) is 14.6. The zero-order valence-corrected chi connectivity index (χ0v) is 17.8. The molecule has 0 spiro atoms. The number of hydrogen-bond donors (Lipinski definition) is 1. The van der Waals surface area contributed by atoms with Crippen LogP contribution >= 0.6 is 15.9 Å². The average molecular weight is 468 g/mol. The number of nitrogens with zero attached hydrogens (tertiary/aromatic N) is 1. The van der Waals surface area contributed by atoms with Crippen molar-refractivity contribution in [2.75, 3.05) is 12.0 Å². The molecule has 0 bridgehead atoms. The molecule has 1 atom stereocenters. The van der Waals surface area contributed by atoms with E-state index in [1.807, 2.05) is 19.1 Å². The standard InChI is InChI=1S/C23H18BrNO5/c1-13-5-8-15(9-6-13)25-20(18-4-3-11-30-18)19(22(27)23(25)28)21(26)14-7-10-17(29-2)16(24)12-14/h3-12,20,26H,1-2H3/b21-19-. The lowest BCUT2D eigenvalue weighted by Crippen LogP contribution is -2.29. The molecule has 2 heterocycles. The molecule has 1 aliphatic rings. The second-order valence-corrected chi connectivity index (χ2v) is 7.72. The van der Waals surface area contributed by atoms with E-state index >= 15 is 0 Å². The maximum Gasteiger partial charge on any atom is 0.300 e. The number of methoxy groups -OCH3 is 1. The minimum absolute atomic E-state index is 0.0346. The first-order valence-corrected chi connectivity index (χ1v) is 9.96. The Kier molecular flexibility index (Phi) is 5.22. The van der Waals surface area contributed by atoms with Crippen molar-refractivity contribution >= 4 is 39.1 Å². The van der Waals surface area contributed by atoms with Gasteiger partial charge in [-0.3, -0.25) is 14.5 Å². The van der Waals surface area contributed by atoms with Crippen molar-refractivity contribution in [2.45, 2.75) is 13.0 Å². The van der Waals surface area contributed by atoms with Crippen LogP contribution in [0.4, 0.5) is 5.69 Å². The van der Waals surface area contributed by atoms with Crippen LogP contribution in [0.2, 0.25) is 0 Å². The van der Waals surface area contributed by atoms with E-state index in [9.17, 15) is 14.7 Å². The SMILES string of the molecule is COc1ccc(/C(O)=C2/C(=O)C(=O)N(c3ccc(C)cc3)C2c2ccco2)cc1Br. The van der Waals surface area contributed by atoms with E-state index in [2.05, 4.69) is 15.9 Å². The molecule has 1 aliphatic heterocycles. The van der Waals surface area contributed by atoms with Crippen LogP contribution < -0.4 is 9.64 Å². The van der Waals surface area contributed by atoms with Gasteiger partial charge in [0.05, 0.1) is 23.4 Å². The Morgan fingerprint density at radius 1 is 1.13 bits per heavy atom. The molecular formula is C23H18BrNO5. The predicted molar refractivity (Wildman–Crippen MR) is 115 cm³/mol. The minimum Gasteiger partial charge on any atom is -0.507 e. The van der Waals surface area contributed by atoms with E-state index in [1.165, 1.54) is 18.3 Å². The molecule has 1 unspecified atom stereocenters. The second-order valence-electron chi connectivity index (χ2n) is 6.87. The first kappa shape index (κ1) is 20.0. The van der Waals surface area contributed by atoms with E-state index < -0.39 is 17.7 Å². The zero-order valence-electron chi connectivity index (χ0n) is 16.3. The Hall–Kier alpha value is -3.32. The van der Waals surface area contributed by atoms with E-state index in [4.69, 9.17) is 9.15 Å². The molecule has 152 valence electrons. The molecule has 7 heteroatoms. The lowest BCUT2D eigenvalue weighted by Gasteiger charge is -2.23. The highest BCUT2D eigenvalue weighted by Gasteiger charge is 2.48. The van der Waals surface area contributed by atoms with E-state index in [-0.39, 0.29) is 11.3 Å². The fraction of sp³-hybridized carbons (Fsp3) is 0.130. The molecule has 0 aliphatic carbocycles. The maximum atomic E-state index is 13.0. The number of aliphatic hydroxyl groups excluding tert-OH is 1. The van der Waals surface area contributed by atoms with Gasteiger partial charge in [-0.2, -0.15) is 0 Å². The largest absolute Gasteiger partial charge is 0.507 e. The molecule has 2 aromatic carbocycles. The van der Waals surface area contributed by atoms with Gasteiger partial charge in [0.15, 0.2) is 0 Å². The molecule has 4 rings (SSSR count). The normalized spacial score (nSPS) is 18.1. The molecule has 0 saturated carbocycles. The molecule has 1 fully saturated rings. The number of carbonyl (C=O) groups excluding carboxylic acids is 2. The number of ketones is 1. The summed E-state index contributed by atoms with van der Waals surface area (Å²) in [5.74, 6) is -0.832. The van der Waals surface area contributed by atoms with E-state index in [1.54, 1.807) is 42.5 Å². The molecule has 6 nitrogen and oxygen atoms in total. The number of Topliss-reactive ketones (excluding diaryl/α,β-unsaturated/α-hetero) is 1. The van der Waals surface area contributed by atoms with Crippen LogP contribution in [0, 0.1) is 6.92 Å². The highest BCUT2D eigenvalue weighted by atomic mass is 79.9. The summed E-state index contributed by atoms with van der Waals surface area (Å²) in [6.07, 6.45) is 1.47. The lowest BCUT2D eigenvalue weighted by molar-refractivity contribution is -0.132. The summed E-state index contributed by atoms with van der Waals surface area (Å²) in [6.45, 7) is 1.93. The third-order valence-corrected chi connectivity index (χ3v) is 5.61. The van der Waals surface area contributed by atoms with Gasteiger partial charge in [-0.1, -0.05) is 17.7 Å². The number of aliphatic hydroxyl groups is 1. The fourth-order valence-corrected chi connectivity index (χ4v) is 4.03. The van der Waals surface area contributed by atoms with E-state index in [0.717, 1.165) is 5.56 Å². The van der Waals surface area contributed by atoms with Gasteiger partial charge in [0, 0.05) is 11.3 Å². The van der Waals surface area contributed by atoms with Crippen LogP contribution in [0.3, 0.4) is 0 Å². The number of carbonyl (C=O) groups is 2. The van der Waals surface area contributed by atoms with Gasteiger partial charge >= 0.3 is 0 Å². The second kappa shape index (κ2) is 7.84. The third kappa shape index (κ3) is 3.31. The van der Waals surface area contributed by atoms with Gasteiger partial charge in [0.1, 0.15) is 23.3 Å². The molecule has 3 aromatic rings. The molecule has 1 N–H and O–H groups in total. The highest BCUT2D eigenvalue weighted by molar-refractivity contribution is 9.10. The van der Waals surface area contributed by atoms with Crippen LogP contribution in [0.1, 0.15) is 22.9 Å². The molecule has 1 aromatic heterocycles. The molecule has 1 saturated heterocycles. The number of aryl methyl sites for hydroxylation is 1.